The van der Waals surface area contributed by atoms with Crippen LogP contribution in [0.25, 0.3) is 5.57 Å². The van der Waals surface area contributed by atoms with Gasteiger partial charge in [0.1, 0.15) is 11.4 Å². The van der Waals surface area contributed by atoms with Crippen LogP contribution in [0.5, 0.6) is 5.75 Å². The Morgan fingerprint density at radius 1 is 1.10 bits per heavy atom. The zero-order valence-corrected chi connectivity index (χ0v) is 12.0. The van der Waals surface area contributed by atoms with Gasteiger partial charge in [-0.15, -0.1) is 0 Å². The molecule has 0 atom stereocenters. The molecule has 0 aliphatic carbocycles. The van der Waals surface area contributed by atoms with E-state index in [9.17, 15) is 9.90 Å². The second kappa shape index (κ2) is 4.77. The molecule has 0 saturated heterocycles. The zero-order valence-electron chi connectivity index (χ0n) is 12.0. The number of fused-ring (bicyclic) bond motifs is 1. The van der Waals surface area contributed by atoms with Crippen LogP contribution in [0.15, 0.2) is 54.6 Å². The Balaban J connectivity index is 2.21. The molecule has 1 N–H and O–H groups in total. The van der Waals surface area contributed by atoms with Crippen molar-refractivity contribution in [3.63, 3.8) is 0 Å². The van der Waals surface area contributed by atoms with Crippen molar-refractivity contribution < 1.29 is 14.6 Å². The number of carboxylic acid groups (broad SMARTS) is 1. The number of carbonyl (C=O) groups is 1. The first-order valence-corrected chi connectivity index (χ1v) is 6.81. The van der Waals surface area contributed by atoms with Crippen LogP contribution in [-0.4, -0.2) is 16.7 Å². The number of carboxylic acids is 1. The van der Waals surface area contributed by atoms with Crippen molar-refractivity contribution in [2.45, 2.75) is 19.4 Å². The third-order valence-electron chi connectivity index (χ3n) is 3.47. The lowest BCUT2D eigenvalue weighted by Crippen LogP contribution is -2.29. The van der Waals surface area contributed by atoms with Gasteiger partial charge in [-0.2, -0.15) is 0 Å². The van der Waals surface area contributed by atoms with Crippen LogP contribution in [0.3, 0.4) is 0 Å². The van der Waals surface area contributed by atoms with Gasteiger partial charge in [-0.1, -0.05) is 30.3 Å². The highest BCUT2D eigenvalue weighted by molar-refractivity contribution is 5.92. The fourth-order valence-electron chi connectivity index (χ4n) is 2.56. The molecule has 106 valence electrons. The molecule has 1 aliphatic heterocycles. The van der Waals surface area contributed by atoms with Gasteiger partial charge in [-0.05, 0) is 49.3 Å². The summed E-state index contributed by atoms with van der Waals surface area (Å²) in [5.74, 6) is -0.221. The maximum absolute atomic E-state index is 11.2. The van der Waals surface area contributed by atoms with Crippen molar-refractivity contribution in [3.05, 3.63) is 71.3 Å². The van der Waals surface area contributed by atoms with E-state index in [1.165, 1.54) is 0 Å². The molecule has 21 heavy (non-hydrogen) atoms. The monoisotopic (exact) mass is 280 g/mol. The number of ether oxygens (including phenoxy) is 1. The Labute approximate surface area is 123 Å². The molecule has 1 heterocycles. The summed E-state index contributed by atoms with van der Waals surface area (Å²) in [7, 11) is 0. The fraction of sp³-hybridized carbons (Fsp3) is 0.167. The summed E-state index contributed by atoms with van der Waals surface area (Å²) in [6, 6.07) is 14.9. The van der Waals surface area contributed by atoms with Crippen molar-refractivity contribution in [3.8, 4) is 5.75 Å². The van der Waals surface area contributed by atoms with Crippen LogP contribution in [0, 0.1) is 0 Å². The van der Waals surface area contributed by atoms with Crippen molar-refractivity contribution >= 4 is 11.5 Å². The summed E-state index contributed by atoms with van der Waals surface area (Å²) in [6.07, 6.45) is 2.04. The topological polar surface area (TPSA) is 46.5 Å². The maximum Gasteiger partial charge on any atom is 0.335 e. The highest BCUT2D eigenvalue weighted by Gasteiger charge is 2.27. The lowest BCUT2D eigenvalue weighted by molar-refractivity contribution is 0.0696. The van der Waals surface area contributed by atoms with E-state index in [4.69, 9.17) is 4.74 Å². The van der Waals surface area contributed by atoms with Crippen LogP contribution in [-0.2, 0) is 0 Å². The first-order valence-electron chi connectivity index (χ1n) is 6.81. The Morgan fingerprint density at radius 3 is 2.48 bits per heavy atom. The second-order valence-electron chi connectivity index (χ2n) is 5.65. The van der Waals surface area contributed by atoms with Gasteiger partial charge >= 0.3 is 5.97 Å². The van der Waals surface area contributed by atoms with Gasteiger partial charge in [0, 0.05) is 5.56 Å². The minimum atomic E-state index is -0.935. The van der Waals surface area contributed by atoms with Gasteiger partial charge < -0.3 is 9.84 Å². The number of hydrogen-bond donors (Lipinski definition) is 1. The van der Waals surface area contributed by atoms with Crippen LogP contribution >= 0.6 is 0 Å². The Bertz CT molecular complexity index is 727. The summed E-state index contributed by atoms with van der Waals surface area (Å²) >= 11 is 0. The zero-order chi connectivity index (χ0) is 15.0. The quantitative estimate of drug-likeness (QED) is 0.904. The third kappa shape index (κ3) is 2.55. The van der Waals surface area contributed by atoms with Gasteiger partial charge in [0.15, 0.2) is 0 Å². The molecule has 0 fully saturated rings. The normalized spacial score (nSPS) is 15.6. The molecule has 2 aromatic rings. The van der Waals surface area contributed by atoms with Crippen LogP contribution in [0.4, 0.5) is 0 Å². The predicted molar refractivity (Wildman–Crippen MR) is 81.6 cm³/mol. The van der Waals surface area contributed by atoms with Gasteiger partial charge in [0.2, 0.25) is 0 Å². The van der Waals surface area contributed by atoms with Gasteiger partial charge in [0.05, 0.1) is 5.56 Å². The summed E-state index contributed by atoms with van der Waals surface area (Å²) < 4.78 is 5.94. The highest BCUT2D eigenvalue weighted by atomic mass is 16.5. The SMILES string of the molecule is CC1(C)C=C(c2ccccc2)c2cc(C(=O)O)ccc2O1. The van der Waals surface area contributed by atoms with Crippen molar-refractivity contribution in [2.24, 2.45) is 0 Å². The summed E-state index contributed by atoms with van der Waals surface area (Å²) in [5.41, 5.74) is 2.71. The lowest BCUT2D eigenvalue weighted by Gasteiger charge is -2.31. The second-order valence-corrected chi connectivity index (χ2v) is 5.65. The average Bonchev–Trinajstić information content (AvgIpc) is 2.46. The van der Waals surface area contributed by atoms with Gasteiger partial charge in [-0.3, -0.25) is 0 Å². The number of rotatable bonds is 2. The van der Waals surface area contributed by atoms with E-state index in [0.717, 1.165) is 16.7 Å². The molecule has 0 aromatic heterocycles. The van der Waals surface area contributed by atoms with Crippen LogP contribution in [0.1, 0.15) is 35.3 Å². The third-order valence-corrected chi connectivity index (χ3v) is 3.47. The Hall–Kier alpha value is -2.55. The predicted octanol–water partition coefficient (Wildman–Crippen LogP) is 3.99. The maximum atomic E-state index is 11.2. The molecule has 3 heteroatoms. The number of hydrogen-bond acceptors (Lipinski definition) is 2. The molecule has 2 aromatic carbocycles. The number of benzene rings is 2. The largest absolute Gasteiger partial charge is 0.483 e. The molecule has 3 nitrogen and oxygen atoms in total. The molecule has 0 radical (unpaired) electrons. The van der Waals surface area contributed by atoms with Gasteiger partial charge in [0.25, 0.3) is 0 Å². The first kappa shape index (κ1) is 13.4. The molecule has 0 amide bonds. The Morgan fingerprint density at radius 2 is 1.81 bits per heavy atom. The molecule has 3 rings (SSSR count). The van der Waals surface area contributed by atoms with E-state index in [0.29, 0.717) is 5.75 Å². The first-order chi connectivity index (χ1) is 9.96. The van der Waals surface area contributed by atoms with Crippen molar-refractivity contribution in [1.82, 2.24) is 0 Å². The molecular weight excluding hydrogens is 264 g/mol. The van der Waals surface area contributed by atoms with E-state index >= 15 is 0 Å². The van der Waals surface area contributed by atoms with E-state index in [2.05, 4.69) is 0 Å². The smallest absolute Gasteiger partial charge is 0.335 e. The number of aromatic carboxylic acids is 1. The van der Waals surface area contributed by atoms with Crippen molar-refractivity contribution in [1.29, 1.82) is 0 Å². The van der Waals surface area contributed by atoms with E-state index in [1.807, 2.05) is 50.3 Å². The summed E-state index contributed by atoms with van der Waals surface area (Å²) in [5, 5.41) is 9.19. The van der Waals surface area contributed by atoms with E-state index in [1.54, 1.807) is 18.2 Å². The summed E-state index contributed by atoms with van der Waals surface area (Å²) in [4.78, 5) is 11.2. The minimum Gasteiger partial charge on any atom is -0.483 e. The standard InChI is InChI=1S/C18H16O3/c1-18(2)11-15(12-6-4-3-5-7-12)14-10-13(17(19)20)8-9-16(14)21-18/h3-11H,1-2H3,(H,19,20). The van der Waals surface area contributed by atoms with Crippen molar-refractivity contribution in [2.75, 3.05) is 0 Å². The molecule has 0 bridgehead atoms. The summed E-state index contributed by atoms with van der Waals surface area (Å²) in [6.45, 7) is 3.98. The van der Waals surface area contributed by atoms with E-state index in [-0.39, 0.29) is 5.56 Å². The Kier molecular flexibility index (Phi) is 3.05. The molecule has 0 saturated carbocycles. The molecule has 1 aliphatic rings. The lowest BCUT2D eigenvalue weighted by atomic mass is 9.89. The van der Waals surface area contributed by atoms with E-state index < -0.39 is 11.6 Å². The minimum absolute atomic E-state index is 0.263. The molecule has 0 spiro atoms. The van der Waals surface area contributed by atoms with Gasteiger partial charge in [-0.25, -0.2) is 4.79 Å². The van der Waals surface area contributed by atoms with Crippen LogP contribution < -0.4 is 4.74 Å². The highest BCUT2D eigenvalue weighted by Crippen LogP contribution is 2.39. The van der Waals surface area contributed by atoms with Crippen LogP contribution in [0.2, 0.25) is 0 Å². The molecule has 0 unspecified atom stereocenters. The average molecular weight is 280 g/mol. The fourth-order valence-corrected chi connectivity index (χ4v) is 2.56. The molecular formula is C18H16O3.